The van der Waals surface area contributed by atoms with Crippen molar-refractivity contribution in [3.8, 4) is 0 Å². The molecule has 142 valence electrons. The van der Waals surface area contributed by atoms with Gasteiger partial charge >= 0.3 is 0 Å². The molecule has 0 aromatic rings. The van der Waals surface area contributed by atoms with E-state index in [-0.39, 0.29) is 0 Å². The van der Waals surface area contributed by atoms with Crippen molar-refractivity contribution < 1.29 is 9.84 Å². The number of nitrogens with zero attached hydrogens (tertiary/aromatic N) is 3. The van der Waals surface area contributed by atoms with Gasteiger partial charge in [-0.25, -0.2) is 0 Å². The normalized spacial score (nSPS) is 18.5. The van der Waals surface area contributed by atoms with Crippen LogP contribution in [0.2, 0.25) is 0 Å². The molecule has 6 nitrogen and oxygen atoms in total. The molecule has 6 heteroatoms. The summed E-state index contributed by atoms with van der Waals surface area (Å²) in [5.41, 5.74) is 0. The van der Waals surface area contributed by atoms with Crippen LogP contribution in [0, 0.1) is 11.8 Å². The minimum Gasteiger partial charge on any atom is -0.389 e. The van der Waals surface area contributed by atoms with Crippen LogP contribution in [0.15, 0.2) is 4.99 Å². The van der Waals surface area contributed by atoms with E-state index in [1.165, 1.54) is 0 Å². The van der Waals surface area contributed by atoms with Gasteiger partial charge in [-0.1, -0.05) is 27.7 Å². The lowest BCUT2D eigenvalue weighted by molar-refractivity contribution is 0.0300. The van der Waals surface area contributed by atoms with E-state index < -0.39 is 6.10 Å². The van der Waals surface area contributed by atoms with E-state index in [9.17, 15) is 5.11 Å². The molecule has 0 aliphatic carbocycles. The summed E-state index contributed by atoms with van der Waals surface area (Å²) in [5, 5.41) is 13.4. The zero-order valence-corrected chi connectivity index (χ0v) is 16.3. The van der Waals surface area contributed by atoms with Crippen LogP contribution in [0.1, 0.15) is 34.6 Å². The summed E-state index contributed by atoms with van der Waals surface area (Å²) in [4.78, 5) is 9.41. The molecule has 0 aromatic heterocycles. The second-order valence-electron chi connectivity index (χ2n) is 7.46. The van der Waals surface area contributed by atoms with Crippen LogP contribution < -0.4 is 5.32 Å². The highest BCUT2D eigenvalue weighted by atomic mass is 16.5. The number of ether oxygens (including phenoxy) is 1. The first-order chi connectivity index (χ1) is 11.4. The van der Waals surface area contributed by atoms with Crippen molar-refractivity contribution in [2.24, 2.45) is 16.8 Å². The molecule has 0 aromatic carbocycles. The number of nitrogens with one attached hydrogen (secondary N) is 1. The maximum atomic E-state index is 10.0. The second kappa shape index (κ2) is 11.7. The number of rotatable bonds is 9. The van der Waals surface area contributed by atoms with Crippen molar-refractivity contribution >= 4 is 5.96 Å². The Balaban J connectivity index is 2.42. The van der Waals surface area contributed by atoms with E-state index in [0.717, 1.165) is 45.2 Å². The van der Waals surface area contributed by atoms with Gasteiger partial charge in [0.15, 0.2) is 5.96 Å². The Morgan fingerprint density at radius 3 is 2.29 bits per heavy atom. The number of aliphatic hydroxyl groups excluding tert-OH is 1. The van der Waals surface area contributed by atoms with Gasteiger partial charge in [-0.15, -0.1) is 0 Å². The molecule has 0 saturated carbocycles. The molecule has 0 spiro atoms. The molecule has 0 amide bonds. The number of aliphatic hydroxyl groups is 1. The van der Waals surface area contributed by atoms with Gasteiger partial charge in [-0.3, -0.25) is 9.89 Å². The Kier molecular flexibility index (Phi) is 10.3. The Bertz CT molecular complexity index is 353. The molecule has 1 fully saturated rings. The van der Waals surface area contributed by atoms with Gasteiger partial charge in [0.2, 0.25) is 0 Å². The number of hydrogen-bond acceptors (Lipinski definition) is 4. The van der Waals surface area contributed by atoms with Crippen LogP contribution in [0.25, 0.3) is 0 Å². The molecule has 24 heavy (non-hydrogen) atoms. The van der Waals surface area contributed by atoms with E-state index in [1.807, 2.05) is 0 Å². The van der Waals surface area contributed by atoms with E-state index in [1.54, 1.807) is 0 Å². The molecular formula is C18H38N4O2. The molecule has 0 bridgehead atoms. The number of hydrogen-bond donors (Lipinski definition) is 2. The largest absolute Gasteiger partial charge is 0.389 e. The SMILES string of the molecule is CCNC(=NCC(O)COCC(C)C)N1CCN(CC(C)C)CC1. The van der Waals surface area contributed by atoms with E-state index in [0.29, 0.717) is 31.6 Å². The van der Waals surface area contributed by atoms with Crippen molar-refractivity contribution in [1.82, 2.24) is 15.1 Å². The fourth-order valence-electron chi connectivity index (χ4n) is 2.77. The van der Waals surface area contributed by atoms with Crippen LogP contribution in [-0.2, 0) is 4.74 Å². The minimum atomic E-state index is -0.542. The Labute approximate surface area is 148 Å². The minimum absolute atomic E-state index is 0.350. The highest BCUT2D eigenvalue weighted by Crippen LogP contribution is 2.06. The van der Waals surface area contributed by atoms with Crippen molar-refractivity contribution in [2.45, 2.75) is 40.7 Å². The molecule has 1 rings (SSSR count). The Morgan fingerprint density at radius 1 is 1.08 bits per heavy atom. The Hall–Kier alpha value is -0.850. The highest BCUT2D eigenvalue weighted by Gasteiger charge is 2.20. The van der Waals surface area contributed by atoms with Crippen LogP contribution in [0.4, 0.5) is 0 Å². The van der Waals surface area contributed by atoms with E-state index >= 15 is 0 Å². The van der Waals surface area contributed by atoms with Crippen molar-refractivity contribution in [3.63, 3.8) is 0 Å². The van der Waals surface area contributed by atoms with Gasteiger partial charge in [-0.2, -0.15) is 0 Å². The van der Waals surface area contributed by atoms with Gasteiger partial charge in [-0.05, 0) is 18.8 Å². The number of piperazine rings is 1. The smallest absolute Gasteiger partial charge is 0.194 e. The number of guanidine groups is 1. The van der Waals surface area contributed by atoms with Gasteiger partial charge in [0.25, 0.3) is 0 Å². The molecule has 0 radical (unpaired) electrons. The van der Waals surface area contributed by atoms with Crippen molar-refractivity contribution in [3.05, 3.63) is 0 Å². The summed E-state index contributed by atoms with van der Waals surface area (Å²) in [6.07, 6.45) is -0.542. The maximum absolute atomic E-state index is 10.0. The molecular weight excluding hydrogens is 304 g/mol. The highest BCUT2D eigenvalue weighted by molar-refractivity contribution is 5.80. The average Bonchev–Trinajstić information content (AvgIpc) is 2.51. The lowest BCUT2D eigenvalue weighted by Crippen LogP contribution is -2.53. The number of aliphatic imine (C=N–C) groups is 1. The first-order valence-corrected chi connectivity index (χ1v) is 9.43. The fourth-order valence-corrected chi connectivity index (χ4v) is 2.77. The first-order valence-electron chi connectivity index (χ1n) is 9.43. The maximum Gasteiger partial charge on any atom is 0.194 e. The molecule has 1 saturated heterocycles. The standard InChI is InChI=1S/C18H38N4O2/c1-6-19-18(20-11-17(23)14-24-13-16(4)5)22-9-7-21(8-10-22)12-15(2)3/h15-17,23H,6-14H2,1-5H3,(H,19,20). The van der Waals surface area contributed by atoms with Crippen LogP contribution in [0.3, 0.4) is 0 Å². The Morgan fingerprint density at radius 2 is 1.75 bits per heavy atom. The molecule has 1 heterocycles. The first kappa shape index (κ1) is 21.2. The monoisotopic (exact) mass is 342 g/mol. The van der Waals surface area contributed by atoms with Gasteiger partial charge in [0, 0.05) is 45.9 Å². The summed E-state index contributed by atoms with van der Waals surface area (Å²) in [6.45, 7) is 18.3. The molecule has 1 aliphatic rings. The molecule has 1 atom stereocenters. The summed E-state index contributed by atoms with van der Waals surface area (Å²) >= 11 is 0. The quantitative estimate of drug-likeness (QED) is 0.488. The molecule has 2 N–H and O–H groups in total. The average molecular weight is 343 g/mol. The summed E-state index contributed by atoms with van der Waals surface area (Å²) in [7, 11) is 0. The van der Waals surface area contributed by atoms with Crippen LogP contribution in [-0.4, -0.2) is 86.0 Å². The lowest BCUT2D eigenvalue weighted by atomic mass is 10.2. The third-order valence-electron chi connectivity index (χ3n) is 3.84. The van der Waals surface area contributed by atoms with Crippen molar-refractivity contribution in [1.29, 1.82) is 0 Å². The summed E-state index contributed by atoms with van der Waals surface area (Å²) < 4.78 is 5.49. The van der Waals surface area contributed by atoms with Gasteiger partial charge < -0.3 is 20.1 Å². The second-order valence-corrected chi connectivity index (χ2v) is 7.46. The lowest BCUT2D eigenvalue weighted by Gasteiger charge is -2.37. The third-order valence-corrected chi connectivity index (χ3v) is 3.84. The summed E-state index contributed by atoms with van der Waals surface area (Å²) in [5.74, 6) is 2.10. The molecule has 1 aliphatic heterocycles. The van der Waals surface area contributed by atoms with Crippen LogP contribution >= 0.6 is 0 Å². The topological polar surface area (TPSA) is 60.3 Å². The predicted octanol–water partition coefficient (Wildman–Crippen LogP) is 1.26. The van der Waals surface area contributed by atoms with Gasteiger partial charge in [0.1, 0.15) is 0 Å². The van der Waals surface area contributed by atoms with Crippen LogP contribution in [0.5, 0.6) is 0 Å². The summed E-state index contributed by atoms with van der Waals surface area (Å²) in [6, 6.07) is 0. The fraction of sp³-hybridized carbons (Fsp3) is 0.944. The predicted molar refractivity (Wildman–Crippen MR) is 100 cm³/mol. The third kappa shape index (κ3) is 8.85. The van der Waals surface area contributed by atoms with E-state index in [2.05, 4.69) is 54.7 Å². The zero-order chi connectivity index (χ0) is 17.9. The van der Waals surface area contributed by atoms with Crippen molar-refractivity contribution in [2.75, 3.05) is 59.0 Å². The zero-order valence-electron chi connectivity index (χ0n) is 16.3. The van der Waals surface area contributed by atoms with Gasteiger partial charge in [0.05, 0.1) is 19.3 Å². The molecule has 1 unspecified atom stereocenters. The van der Waals surface area contributed by atoms with E-state index in [4.69, 9.17) is 4.74 Å².